The van der Waals surface area contributed by atoms with E-state index in [-0.39, 0.29) is 36.4 Å². The Morgan fingerprint density at radius 1 is 1.18 bits per heavy atom. The summed E-state index contributed by atoms with van der Waals surface area (Å²) in [5.74, 6) is -3.76. The number of benzene rings is 1. The lowest BCUT2D eigenvalue weighted by Gasteiger charge is -2.34. The second-order valence-electron chi connectivity index (χ2n) is 13.5. The fourth-order valence-electron chi connectivity index (χ4n) is 6.76. The summed E-state index contributed by atoms with van der Waals surface area (Å²) in [5, 5.41) is 3.33. The maximum atomic E-state index is 16.2. The van der Waals surface area contributed by atoms with Gasteiger partial charge in [-0.3, -0.25) is 4.79 Å². The molecule has 1 aliphatic carbocycles. The molecule has 11 heteroatoms. The molecule has 1 N–H and O–H groups in total. The second-order valence-corrected chi connectivity index (χ2v) is 13.5. The van der Waals surface area contributed by atoms with Crippen molar-refractivity contribution < 1.29 is 37.4 Å². The molecule has 3 aliphatic rings. The number of hydrogen-bond donors (Lipinski definition) is 1. The van der Waals surface area contributed by atoms with Crippen LogP contribution >= 0.6 is 0 Å². The van der Waals surface area contributed by atoms with Crippen LogP contribution in [0.3, 0.4) is 0 Å². The lowest BCUT2D eigenvalue weighted by Crippen LogP contribution is -2.56. The maximum absolute atomic E-state index is 16.2. The van der Waals surface area contributed by atoms with E-state index in [1.54, 1.807) is 25.1 Å². The van der Waals surface area contributed by atoms with E-state index >= 15 is 8.78 Å². The highest BCUT2D eigenvalue weighted by Crippen LogP contribution is 2.45. The van der Waals surface area contributed by atoms with E-state index in [1.807, 2.05) is 27.7 Å². The Kier molecular flexibility index (Phi) is 8.79. The molecule has 3 heterocycles. The number of methoxy groups -OCH3 is 1. The standard InChI is InChI=1S/C33H43F2N3O6/c1-7-21-24(17-39)38-16-26(21)43-29-27(18(2)22-12-11-20(42-6)15-23(22)36-29)33(34,35)13-9-8-10-19-14-25(19)44-31(41)37-28(30(38)40)32(3,4)5/h11-12,15,17,19,21,24-26,28H,7-10,13-14,16H2,1-6H3,(H,37,41)/t19-,21+,24-,25-,26+,28-/m1/s1. The number of carbonyl (C=O) groups is 3. The summed E-state index contributed by atoms with van der Waals surface area (Å²) in [7, 11) is 1.52. The number of alkyl halides is 2. The molecule has 240 valence electrons. The topological polar surface area (TPSA) is 107 Å². The minimum absolute atomic E-state index is 0.0311. The molecule has 0 radical (unpaired) electrons. The number of nitrogens with one attached hydrogen (secondary N) is 1. The molecule has 1 aromatic heterocycles. The molecular weight excluding hydrogens is 572 g/mol. The van der Waals surface area contributed by atoms with Gasteiger partial charge in [0.2, 0.25) is 11.8 Å². The fourth-order valence-corrected chi connectivity index (χ4v) is 6.76. The number of rotatable bonds is 3. The molecule has 2 amide bonds. The maximum Gasteiger partial charge on any atom is 0.408 e. The first kappa shape index (κ1) is 31.9. The number of aromatic nitrogens is 1. The molecule has 2 aliphatic heterocycles. The van der Waals surface area contributed by atoms with Crippen LogP contribution in [-0.4, -0.2) is 66.1 Å². The summed E-state index contributed by atoms with van der Waals surface area (Å²) in [4.78, 5) is 45.4. The van der Waals surface area contributed by atoms with Gasteiger partial charge in [-0.2, -0.15) is 0 Å². The zero-order valence-corrected chi connectivity index (χ0v) is 26.3. The number of alkyl carbamates (subject to hydrolysis) is 1. The first-order chi connectivity index (χ1) is 20.8. The summed E-state index contributed by atoms with van der Waals surface area (Å²) in [6.45, 7) is 8.95. The van der Waals surface area contributed by atoms with Gasteiger partial charge in [-0.15, -0.1) is 0 Å². The van der Waals surface area contributed by atoms with Crippen LogP contribution in [0.5, 0.6) is 11.6 Å². The van der Waals surface area contributed by atoms with Gasteiger partial charge in [-0.05, 0) is 61.6 Å². The SMILES string of the molecule is CC[C@@H]1[C@@H]2CN(C(=O)[C@H](C(C)(C)C)NC(=O)O[C@@H]3C[C@H]3CCCCC(F)(F)c3c(nc4cc(OC)ccc4c3C)O2)[C@@H]1C=O. The lowest BCUT2D eigenvalue weighted by atomic mass is 9.85. The number of aryl methyl sites for hydroxylation is 1. The summed E-state index contributed by atoms with van der Waals surface area (Å²) < 4.78 is 49.7. The number of halogens is 2. The molecular formula is C33H43F2N3O6. The summed E-state index contributed by atoms with van der Waals surface area (Å²) >= 11 is 0. The molecule has 2 fully saturated rings. The largest absolute Gasteiger partial charge is 0.497 e. The van der Waals surface area contributed by atoms with Gasteiger partial charge in [0, 0.05) is 23.8 Å². The van der Waals surface area contributed by atoms with Crippen LogP contribution < -0.4 is 14.8 Å². The molecule has 6 atom stereocenters. The van der Waals surface area contributed by atoms with E-state index < -0.39 is 53.9 Å². The van der Waals surface area contributed by atoms with Crippen LogP contribution in [0.1, 0.15) is 77.3 Å². The molecule has 2 bridgehead atoms. The van der Waals surface area contributed by atoms with Crippen molar-refractivity contribution in [2.24, 2.45) is 17.3 Å². The lowest BCUT2D eigenvalue weighted by molar-refractivity contribution is -0.139. The van der Waals surface area contributed by atoms with E-state index in [0.29, 0.717) is 54.2 Å². The van der Waals surface area contributed by atoms with E-state index in [9.17, 15) is 14.4 Å². The van der Waals surface area contributed by atoms with Gasteiger partial charge in [0.05, 0.1) is 30.8 Å². The third-order valence-electron chi connectivity index (χ3n) is 9.40. The summed E-state index contributed by atoms with van der Waals surface area (Å²) in [6.07, 6.45) is 1.08. The van der Waals surface area contributed by atoms with Crippen LogP contribution in [0.15, 0.2) is 18.2 Å². The van der Waals surface area contributed by atoms with Gasteiger partial charge in [0.15, 0.2) is 0 Å². The van der Waals surface area contributed by atoms with Crippen LogP contribution in [0.4, 0.5) is 13.6 Å². The summed E-state index contributed by atoms with van der Waals surface area (Å²) in [6, 6.07) is 3.25. The summed E-state index contributed by atoms with van der Waals surface area (Å²) in [5.41, 5.74) is -0.172. The van der Waals surface area contributed by atoms with Crippen LogP contribution in [0.25, 0.3) is 10.9 Å². The monoisotopic (exact) mass is 615 g/mol. The minimum Gasteiger partial charge on any atom is -0.497 e. The second kappa shape index (κ2) is 12.1. The number of amides is 2. The fraction of sp³-hybridized carbons (Fsp3) is 0.636. The van der Waals surface area contributed by atoms with Gasteiger partial charge < -0.3 is 29.2 Å². The highest BCUT2D eigenvalue weighted by atomic mass is 19.3. The third kappa shape index (κ3) is 6.19. The molecule has 1 saturated heterocycles. The predicted octanol–water partition coefficient (Wildman–Crippen LogP) is 5.93. The Morgan fingerprint density at radius 3 is 2.59 bits per heavy atom. The number of aldehydes is 1. The number of pyridine rings is 1. The Labute approximate surface area is 257 Å². The Bertz CT molecular complexity index is 1430. The molecule has 5 rings (SSSR count). The number of carbonyl (C=O) groups excluding carboxylic acids is 3. The van der Waals surface area contributed by atoms with E-state index in [1.165, 1.54) is 12.0 Å². The van der Waals surface area contributed by atoms with Crippen LogP contribution in [0.2, 0.25) is 0 Å². The molecule has 1 saturated carbocycles. The van der Waals surface area contributed by atoms with Gasteiger partial charge in [-0.1, -0.05) is 34.1 Å². The first-order valence-corrected chi connectivity index (χ1v) is 15.5. The molecule has 9 nitrogen and oxygen atoms in total. The Balaban J connectivity index is 1.60. The predicted molar refractivity (Wildman–Crippen MR) is 160 cm³/mol. The zero-order chi connectivity index (χ0) is 32.0. The van der Waals surface area contributed by atoms with Gasteiger partial charge >= 0.3 is 6.09 Å². The Hall–Kier alpha value is -3.50. The quantitative estimate of drug-likeness (QED) is 0.427. The highest BCUT2D eigenvalue weighted by Gasteiger charge is 2.50. The van der Waals surface area contributed by atoms with Crippen molar-refractivity contribution in [1.29, 1.82) is 0 Å². The average Bonchev–Trinajstić information content (AvgIpc) is 3.59. The number of hydrogen-bond acceptors (Lipinski definition) is 7. The molecule has 1 aromatic carbocycles. The molecule has 0 spiro atoms. The highest BCUT2D eigenvalue weighted by molar-refractivity contribution is 5.89. The number of fused-ring (bicyclic) bond motifs is 5. The van der Waals surface area contributed by atoms with Crippen LogP contribution in [0, 0.1) is 24.2 Å². The van der Waals surface area contributed by atoms with E-state index in [0.717, 1.165) is 0 Å². The van der Waals surface area contributed by atoms with Gasteiger partial charge in [0.25, 0.3) is 5.92 Å². The molecule has 2 aromatic rings. The number of ether oxygens (including phenoxy) is 3. The average molecular weight is 616 g/mol. The van der Waals surface area contributed by atoms with E-state index in [4.69, 9.17) is 14.2 Å². The van der Waals surface area contributed by atoms with Crippen molar-refractivity contribution in [3.8, 4) is 11.6 Å². The normalized spacial score (nSPS) is 29.3. The molecule has 44 heavy (non-hydrogen) atoms. The van der Waals surface area contributed by atoms with Crippen molar-refractivity contribution in [2.75, 3.05) is 13.7 Å². The molecule has 0 unspecified atom stereocenters. The Morgan fingerprint density at radius 2 is 1.93 bits per heavy atom. The van der Waals surface area contributed by atoms with Gasteiger partial charge in [-0.25, -0.2) is 18.6 Å². The number of nitrogens with zero attached hydrogens (tertiary/aromatic N) is 2. The first-order valence-electron chi connectivity index (χ1n) is 15.5. The van der Waals surface area contributed by atoms with E-state index in [2.05, 4.69) is 10.3 Å². The van der Waals surface area contributed by atoms with Crippen molar-refractivity contribution in [2.45, 2.75) is 103 Å². The minimum atomic E-state index is -3.25. The van der Waals surface area contributed by atoms with Crippen molar-refractivity contribution in [3.63, 3.8) is 0 Å². The van der Waals surface area contributed by atoms with Crippen LogP contribution in [-0.2, 0) is 20.2 Å². The van der Waals surface area contributed by atoms with Gasteiger partial charge in [0.1, 0.15) is 30.3 Å². The van der Waals surface area contributed by atoms with Crippen molar-refractivity contribution >= 4 is 29.2 Å². The third-order valence-corrected chi connectivity index (χ3v) is 9.40. The van der Waals surface area contributed by atoms with Crippen molar-refractivity contribution in [1.82, 2.24) is 15.2 Å². The zero-order valence-electron chi connectivity index (χ0n) is 26.3. The van der Waals surface area contributed by atoms with Crippen molar-refractivity contribution in [3.05, 3.63) is 29.3 Å². The smallest absolute Gasteiger partial charge is 0.408 e.